The maximum atomic E-state index is 12.6. The molecule has 2 aromatic rings. The first-order valence-electron chi connectivity index (χ1n) is 9.62. The molecule has 0 atom stereocenters. The molecular formula is C21H26N2O6S. The molecule has 8 nitrogen and oxygen atoms in total. The van der Waals surface area contributed by atoms with Crippen LogP contribution in [-0.2, 0) is 19.6 Å². The number of para-hydroxylation sites is 2. The number of hydrogen-bond donors (Lipinski definition) is 1. The SMILES string of the molecule is CCOc1ccccc1NC(=O)COC(=O)c1cccc(S(=O)(=O)N(CC)CC)c1. The number of rotatable bonds is 10. The summed E-state index contributed by atoms with van der Waals surface area (Å²) < 4.78 is 37.0. The highest BCUT2D eigenvalue weighted by atomic mass is 32.2. The third-order valence-electron chi connectivity index (χ3n) is 4.21. The lowest BCUT2D eigenvalue weighted by atomic mass is 10.2. The maximum Gasteiger partial charge on any atom is 0.338 e. The molecule has 162 valence electrons. The molecule has 0 unspecified atom stereocenters. The quantitative estimate of drug-likeness (QED) is 0.577. The molecule has 2 rings (SSSR count). The molecule has 1 N–H and O–H groups in total. The van der Waals surface area contributed by atoms with E-state index in [-0.39, 0.29) is 10.5 Å². The van der Waals surface area contributed by atoms with Crippen molar-refractivity contribution in [2.24, 2.45) is 0 Å². The van der Waals surface area contributed by atoms with Crippen LogP contribution < -0.4 is 10.1 Å². The lowest BCUT2D eigenvalue weighted by Gasteiger charge is -2.18. The summed E-state index contributed by atoms with van der Waals surface area (Å²) in [6, 6.07) is 12.5. The largest absolute Gasteiger partial charge is 0.492 e. The summed E-state index contributed by atoms with van der Waals surface area (Å²) in [7, 11) is -3.71. The van der Waals surface area contributed by atoms with Crippen molar-refractivity contribution in [1.82, 2.24) is 4.31 Å². The fourth-order valence-electron chi connectivity index (χ4n) is 2.75. The number of esters is 1. The summed E-state index contributed by atoms with van der Waals surface area (Å²) in [5, 5.41) is 2.62. The van der Waals surface area contributed by atoms with Gasteiger partial charge in [-0.3, -0.25) is 4.79 Å². The van der Waals surface area contributed by atoms with Crippen LogP contribution in [0.3, 0.4) is 0 Å². The minimum Gasteiger partial charge on any atom is -0.492 e. The average Bonchev–Trinajstić information content (AvgIpc) is 2.74. The van der Waals surface area contributed by atoms with Gasteiger partial charge < -0.3 is 14.8 Å². The van der Waals surface area contributed by atoms with Crippen LogP contribution in [0.2, 0.25) is 0 Å². The molecule has 30 heavy (non-hydrogen) atoms. The van der Waals surface area contributed by atoms with Crippen molar-refractivity contribution in [2.75, 3.05) is 31.6 Å². The van der Waals surface area contributed by atoms with Crippen LogP contribution in [0.25, 0.3) is 0 Å². The maximum absolute atomic E-state index is 12.6. The number of nitrogens with zero attached hydrogens (tertiary/aromatic N) is 1. The Morgan fingerprint density at radius 3 is 2.37 bits per heavy atom. The van der Waals surface area contributed by atoms with Crippen LogP contribution >= 0.6 is 0 Å². The van der Waals surface area contributed by atoms with Gasteiger partial charge in [-0.15, -0.1) is 0 Å². The Morgan fingerprint density at radius 2 is 1.70 bits per heavy atom. The van der Waals surface area contributed by atoms with Crippen LogP contribution in [0, 0.1) is 0 Å². The molecule has 0 heterocycles. The zero-order valence-corrected chi connectivity index (χ0v) is 18.1. The number of sulfonamides is 1. The van der Waals surface area contributed by atoms with Crippen molar-refractivity contribution in [3.63, 3.8) is 0 Å². The highest BCUT2D eigenvalue weighted by molar-refractivity contribution is 7.89. The number of benzene rings is 2. The normalized spacial score (nSPS) is 11.2. The molecule has 0 saturated carbocycles. The fraction of sp³-hybridized carbons (Fsp3) is 0.333. The molecule has 0 saturated heterocycles. The lowest BCUT2D eigenvalue weighted by molar-refractivity contribution is -0.119. The Morgan fingerprint density at radius 1 is 1.00 bits per heavy atom. The summed E-state index contributed by atoms with van der Waals surface area (Å²) in [5.41, 5.74) is 0.512. The number of amides is 1. The van der Waals surface area contributed by atoms with E-state index < -0.39 is 28.5 Å². The van der Waals surface area contributed by atoms with Crippen molar-refractivity contribution in [3.8, 4) is 5.75 Å². The zero-order chi connectivity index (χ0) is 22.1. The van der Waals surface area contributed by atoms with Gasteiger partial charge in [0.2, 0.25) is 10.0 Å². The molecule has 0 radical (unpaired) electrons. The minimum atomic E-state index is -3.71. The number of anilines is 1. The van der Waals surface area contributed by atoms with E-state index in [9.17, 15) is 18.0 Å². The predicted octanol–water partition coefficient (Wildman–Crippen LogP) is 2.91. The van der Waals surface area contributed by atoms with Gasteiger partial charge in [0.05, 0.1) is 22.8 Å². The molecule has 1 amide bonds. The first kappa shape index (κ1) is 23.4. The first-order valence-corrected chi connectivity index (χ1v) is 11.1. The number of ether oxygens (including phenoxy) is 2. The Labute approximate surface area is 176 Å². The van der Waals surface area contributed by atoms with Gasteiger partial charge in [-0.05, 0) is 37.3 Å². The van der Waals surface area contributed by atoms with Crippen molar-refractivity contribution < 1.29 is 27.5 Å². The average molecular weight is 435 g/mol. The fourth-order valence-corrected chi connectivity index (χ4v) is 4.25. The third kappa shape index (κ3) is 5.80. The monoisotopic (exact) mass is 434 g/mol. The van der Waals surface area contributed by atoms with Crippen LogP contribution in [0.5, 0.6) is 5.75 Å². The number of carbonyl (C=O) groups is 2. The van der Waals surface area contributed by atoms with E-state index in [0.717, 1.165) is 0 Å². The molecule has 0 fully saturated rings. The van der Waals surface area contributed by atoms with Crippen molar-refractivity contribution >= 4 is 27.6 Å². The first-order chi connectivity index (χ1) is 14.3. The smallest absolute Gasteiger partial charge is 0.338 e. The summed E-state index contributed by atoms with van der Waals surface area (Å²) in [4.78, 5) is 24.5. The second kappa shape index (κ2) is 10.7. The van der Waals surface area contributed by atoms with Crippen LogP contribution in [0.15, 0.2) is 53.4 Å². The molecule has 9 heteroatoms. The van der Waals surface area contributed by atoms with Gasteiger partial charge in [-0.1, -0.05) is 32.0 Å². The van der Waals surface area contributed by atoms with E-state index >= 15 is 0 Å². The Balaban J connectivity index is 2.04. The summed E-state index contributed by atoms with van der Waals surface area (Å²) in [6.07, 6.45) is 0. The highest BCUT2D eigenvalue weighted by Crippen LogP contribution is 2.23. The zero-order valence-electron chi connectivity index (χ0n) is 17.3. The molecule has 2 aromatic carbocycles. The molecule has 0 aliphatic carbocycles. The van der Waals surface area contributed by atoms with Crippen LogP contribution in [-0.4, -0.2) is 50.9 Å². The summed E-state index contributed by atoms with van der Waals surface area (Å²) in [6.45, 7) is 5.85. The van der Waals surface area contributed by atoms with Gasteiger partial charge in [0.1, 0.15) is 5.75 Å². The molecule has 0 aromatic heterocycles. The van der Waals surface area contributed by atoms with E-state index in [1.54, 1.807) is 38.1 Å². The van der Waals surface area contributed by atoms with Crippen molar-refractivity contribution in [2.45, 2.75) is 25.7 Å². The van der Waals surface area contributed by atoms with Crippen LogP contribution in [0.1, 0.15) is 31.1 Å². The second-order valence-corrected chi connectivity index (χ2v) is 8.11. The second-order valence-electron chi connectivity index (χ2n) is 6.17. The standard InChI is InChI=1S/C21H26N2O6S/c1-4-23(5-2)30(26,27)17-11-9-10-16(14-17)21(25)29-15-20(24)22-18-12-7-8-13-19(18)28-6-3/h7-14H,4-6,15H2,1-3H3,(H,22,24). The van der Waals surface area contributed by atoms with E-state index in [4.69, 9.17) is 9.47 Å². The van der Waals surface area contributed by atoms with Gasteiger partial charge in [-0.2, -0.15) is 4.31 Å². The summed E-state index contributed by atoms with van der Waals surface area (Å²) >= 11 is 0. The van der Waals surface area contributed by atoms with Crippen molar-refractivity contribution in [3.05, 3.63) is 54.1 Å². The van der Waals surface area contributed by atoms with Gasteiger partial charge in [0.15, 0.2) is 6.61 Å². The Bertz CT molecular complexity index is 986. The van der Waals surface area contributed by atoms with Gasteiger partial charge in [-0.25, -0.2) is 13.2 Å². The Kier molecular flexibility index (Phi) is 8.37. The summed E-state index contributed by atoms with van der Waals surface area (Å²) in [5.74, 6) is -0.823. The van der Waals surface area contributed by atoms with Crippen molar-refractivity contribution in [1.29, 1.82) is 0 Å². The minimum absolute atomic E-state index is 0.00394. The lowest BCUT2D eigenvalue weighted by Crippen LogP contribution is -2.30. The number of hydrogen-bond acceptors (Lipinski definition) is 6. The van der Waals surface area contributed by atoms with Gasteiger partial charge in [0, 0.05) is 13.1 Å². The van der Waals surface area contributed by atoms with Crippen LogP contribution in [0.4, 0.5) is 5.69 Å². The molecular weight excluding hydrogens is 408 g/mol. The van der Waals surface area contributed by atoms with E-state index in [2.05, 4.69) is 5.32 Å². The molecule has 0 bridgehead atoms. The van der Waals surface area contributed by atoms with E-state index in [1.165, 1.54) is 28.6 Å². The molecule has 0 aliphatic heterocycles. The number of carbonyl (C=O) groups excluding carboxylic acids is 2. The van der Waals surface area contributed by atoms with E-state index in [1.807, 2.05) is 6.92 Å². The van der Waals surface area contributed by atoms with E-state index in [0.29, 0.717) is 31.1 Å². The number of nitrogens with one attached hydrogen (secondary N) is 1. The van der Waals surface area contributed by atoms with Gasteiger partial charge >= 0.3 is 5.97 Å². The highest BCUT2D eigenvalue weighted by Gasteiger charge is 2.23. The predicted molar refractivity (Wildman–Crippen MR) is 113 cm³/mol. The molecule has 0 aliphatic rings. The third-order valence-corrected chi connectivity index (χ3v) is 6.25. The Hall–Kier alpha value is -2.91. The molecule has 0 spiro atoms. The van der Waals surface area contributed by atoms with Gasteiger partial charge in [0.25, 0.3) is 5.91 Å². The topological polar surface area (TPSA) is 102 Å².